The van der Waals surface area contributed by atoms with E-state index >= 15 is 0 Å². The first-order valence-electron chi connectivity index (χ1n) is 7.58. The zero-order chi connectivity index (χ0) is 13.6. The summed E-state index contributed by atoms with van der Waals surface area (Å²) < 4.78 is 0. The number of aliphatic hydroxyl groups is 1. The van der Waals surface area contributed by atoms with E-state index in [9.17, 15) is 5.11 Å². The van der Waals surface area contributed by atoms with E-state index in [1.165, 1.54) is 25.8 Å². The molecule has 1 saturated heterocycles. The maximum absolute atomic E-state index is 10.3. The maximum Gasteiger partial charge on any atom is 0.0746 e. The third-order valence-electron chi connectivity index (χ3n) is 3.73. The van der Waals surface area contributed by atoms with Crippen LogP contribution in [-0.2, 0) is 0 Å². The first-order valence-corrected chi connectivity index (χ1v) is 7.58. The predicted molar refractivity (Wildman–Crippen MR) is 77.8 cm³/mol. The third-order valence-corrected chi connectivity index (χ3v) is 3.73. The fourth-order valence-corrected chi connectivity index (χ4v) is 2.98. The minimum atomic E-state index is -0.581. The van der Waals surface area contributed by atoms with Crippen LogP contribution in [0.15, 0.2) is 0 Å². The van der Waals surface area contributed by atoms with Gasteiger partial charge in [0.1, 0.15) is 0 Å². The molecule has 0 aromatic rings. The number of hydrogen-bond donors (Lipinski definition) is 3. The molecular formula is C15H32N2O. The van der Waals surface area contributed by atoms with Gasteiger partial charge in [0.2, 0.25) is 0 Å². The summed E-state index contributed by atoms with van der Waals surface area (Å²) in [5.41, 5.74) is -0.581. The summed E-state index contributed by atoms with van der Waals surface area (Å²) in [6.45, 7) is 10.3. The van der Waals surface area contributed by atoms with E-state index in [2.05, 4.69) is 31.4 Å². The summed E-state index contributed by atoms with van der Waals surface area (Å²) in [7, 11) is 0. The Balaban J connectivity index is 2.20. The van der Waals surface area contributed by atoms with Crippen molar-refractivity contribution in [3.8, 4) is 0 Å². The smallest absolute Gasteiger partial charge is 0.0746 e. The van der Waals surface area contributed by atoms with Crippen molar-refractivity contribution in [3.05, 3.63) is 0 Å². The predicted octanol–water partition coefficient (Wildman–Crippen LogP) is 2.29. The van der Waals surface area contributed by atoms with Gasteiger partial charge in [0.05, 0.1) is 5.60 Å². The van der Waals surface area contributed by atoms with Crippen LogP contribution in [0.1, 0.15) is 59.8 Å². The number of rotatable bonds is 7. The maximum atomic E-state index is 10.3. The van der Waals surface area contributed by atoms with Gasteiger partial charge >= 0.3 is 0 Å². The Hall–Kier alpha value is -0.120. The van der Waals surface area contributed by atoms with Crippen molar-refractivity contribution >= 4 is 0 Å². The van der Waals surface area contributed by atoms with Crippen LogP contribution in [0, 0.1) is 5.92 Å². The Bertz CT molecular complexity index is 223. The summed E-state index contributed by atoms with van der Waals surface area (Å²) in [5.74, 6) is 0.539. The SMILES string of the molecule is CC(C)CC(C)(O)CNC(C)CC1CCCCN1. The van der Waals surface area contributed by atoms with Crippen LogP contribution >= 0.6 is 0 Å². The molecule has 0 radical (unpaired) electrons. The van der Waals surface area contributed by atoms with Crippen LogP contribution < -0.4 is 10.6 Å². The van der Waals surface area contributed by atoms with Crippen molar-refractivity contribution < 1.29 is 5.11 Å². The molecule has 0 aliphatic carbocycles. The second kappa shape index (κ2) is 7.46. The minimum absolute atomic E-state index is 0.472. The van der Waals surface area contributed by atoms with Gasteiger partial charge in [-0.1, -0.05) is 20.3 Å². The standard InChI is InChI=1S/C15H32N2O/c1-12(2)10-15(4,18)11-17-13(3)9-14-7-5-6-8-16-14/h12-14,16-18H,5-11H2,1-4H3. The molecule has 1 aliphatic rings. The lowest BCUT2D eigenvalue weighted by molar-refractivity contribution is 0.0357. The van der Waals surface area contributed by atoms with Crippen molar-refractivity contribution in [2.24, 2.45) is 5.92 Å². The number of piperidine rings is 1. The van der Waals surface area contributed by atoms with Gasteiger partial charge in [0.25, 0.3) is 0 Å². The largest absolute Gasteiger partial charge is 0.389 e. The fourth-order valence-electron chi connectivity index (χ4n) is 2.98. The van der Waals surface area contributed by atoms with E-state index in [-0.39, 0.29) is 0 Å². The van der Waals surface area contributed by atoms with Gasteiger partial charge in [-0.2, -0.15) is 0 Å². The molecule has 3 nitrogen and oxygen atoms in total. The monoisotopic (exact) mass is 256 g/mol. The Morgan fingerprint density at radius 2 is 2.06 bits per heavy atom. The molecule has 0 aromatic carbocycles. The zero-order valence-electron chi connectivity index (χ0n) is 12.6. The van der Waals surface area contributed by atoms with Gasteiger partial charge in [-0.3, -0.25) is 0 Å². The Labute approximate surface area is 113 Å². The molecule has 0 amide bonds. The molecule has 1 fully saturated rings. The van der Waals surface area contributed by atoms with Crippen molar-refractivity contribution in [2.75, 3.05) is 13.1 Å². The van der Waals surface area contributed by atoms with Crippen molar-refractivity contribution in [2.45, 2.75) is 77.5 Å². The van der Waals surface area contributed by atoms with Crippen LogP contribution in [0.25, 0.3) is 0 Å². The molecule has 1 aliphatic heterocycles. The van der Waals surface area contributed by atoms with Gasteiger partial charge in [0, 0.05) is 18.6 Å². The first kappa shape index (κ1) is 15.9. The minimum Gasteiger partial charge on any atom is -0.389 e. The van der Waals surface area contributed by atoms with Gasteiger partial charge < -0.3 is 15.7 Å². The Morgan fingerprint density at radius 3 is 2.61 bits per heavy atom. The third kappa shape index (κ3) is 6.72. The fraction of sp³-hybridized carbons (Fsp3) is 1.00. The molecule has 1 heterocycles. The van der Waals surface area contributed by atoms with Gasteiger partial charge in [0.15, 0.2) is 0 Å². The lowest BCUT2D eigenvalue weighted by Crippen LogP contribution is -2.45. The van der Waals surface area contributed by atoms with Gasteiger partial charge in [-0.15, -0.1) is 0 Å². The van der Waals surface area contributed by atoms with E-state index in [1.54, 1.807) is 0 Å². The molecule has 0 aromatic heterocycles. The van der Waals surface area contributed by atoms with Crippen LogP contribution in [0.5, 0.6) is 0 Å². The van der Waals surface area contributed by atoms with Crippen LogP contribution in [0.3, 0.4) is 0 Å². The normalized spacial score (nSPS) is 26.0. The second-order valence-electron chi connectivity index (χ2n) is 6.76. The highest BCUT2D eigenvalue weighted by Gasteiger charge is 2.23. The molecule has 3 unspecified atom stereocenters. The Morgan fingerprint density at radius 1 is 1.33 bits per heavy atom. The summed E-state index contributed by atoms with van der Waals surface area (Å²) in [4.78, 5) is 0. The van der Waals surface area contributed by atoms with E-state index in [4.69, 9.17) is 0 Å². The number of nitrogens with one attached hydrogen (secondary N) is 2. The molecular weight excluding hydrogens is 224 g/mol. The number of hydrogen-bond acceptors (Lipinski definition) is 3. The molecule has 1 rings (SSSR count). The molecule has 0 saturated carbocycles. The van der Waals surface area contributed by atoms with E-state index in [1.807, 2.05) is 6.92 Å². The van der Waals surface area contributed by atoms with Crippen LogP contribution in [0.2, 0.25) is 0 Å². The molecule has 3 atom stereocenters. The quantitative estimate of drug-likeness (QED) is 0.655. The van der Waals surface area contributed by atoms with Crippen molar-refractivity contribution in [1.82, 2.24) is 10.6 Å². The molecule has 108 valence electrons. The molecule has 0 spiro atoms. The molecule has 3 N–H and O–H groups in total. The van der Waals surface area contributed by atoms with Crippen molar-refractivity contribution in [1.29, 1.82) is 0 Å². The lowest BCUT2D eigenvalue weighted by Gasteiger charge is -2.30. The molecule has 3 heteroatoms. The summed E-state index contributed by atoms with van der Waals surface area (Å²) >= 11 is 0. The highest BCUT2D eigenvalue weighted by atomic mass is 16.3. The summed E-state index contributed by atoms with van der Waals surface area (Å²) in [6.07, 6.45) is 6.00. The Kier molecular flexibility index (Phi) is 6.61. The van der Waals surface area contributed by atoms with Crippen LogP contribution in [0.4, 0.5) is 0 Å². The molecule has 18 heavy (non-hydrogen) atoms. The highest BCUT2D eigenvalue weighted by Crippen LogP contribution is 2.16. The highest BCUT2D eigenvalue weighted by molar-refractivity contribution is 4.81. The van der Waals surface area contributed by atoms with E-state index in [0.717, 1.165) is 12.8 Å². The topological polar surface area (TPSA) is 44.3 Å². The lowest BCUT2D eigenvalue weighted by atomic mass is 9.93. The molecule has 0 bridgehead atoms. The average molecular weight is 256 g/mol. The summed E-state index contributed by atoms with van der Waals surface area (Å²) in [6, 6.07) is 1.13. The first-order chi connectivity index (χ1) is 8.39. The summed E-state index contributed by atoms with van der Waals surface area (Å²) in [5, 5.41) is 17.3. The second-order valence-corrected chi connectivity index (χ2v) is 6.76. The van der Waals surface area contributed by atoms with E-state index < -0.39 is 5.60 Å². The van der Waals surface area contributed by atoms with Gasteiger partial charge in [-0.25, -0.2) is 0 Å². The van der Waals surface area contributed by atoms with E-state index in [0.29, 0.717) is 24.5 Å². The zero-order valence-corrected chi connectivity index (χ0v) is 12.6. The van der Waals surface area contributed by atoms with Crippen molar-refractivity contribution in [3.63, 3.8) is 0 Å². The van der Waals surface area contributed by atoms with Gasteiger partial charge in [-0.05, 0) is 52.0 Å². The average Bonchev–Trinajstić information content (AvgIpc) is 2.26. The van der Waals surface area contributed by atoms with Crippen LogP contribution in [-0.4, -0.2) is 35.9 Å².